The third-order valence-corrected chi connectivity index (χ3v) is 16.2. The highest BCUT2D eigenvalue weighted by Gasteiger charge is 2.30. The average Bonchev–Trinajstić information content (AvgIpc) is 1.10. The highest BCUT2D eigenvalue weighted by molar-refractivity contribution is 6.08. The Morgan fingerprint density at radius 1 is 0.398 bits per heavy atom. The smallest absolute Gasteiger partial charge is 0.330 e. The van der Waals surface area contributed by atoms with Crippen molar-refractivity contribution in [3.05, 3.63) is 147 Å². The maximum atomic E-state index is 13.3. The van der Waals surface area contributed by atoms with Crippen molar-refractivity contribution >= 4 is 45.6 Å². The number of pyridine rings is 1. The summed E-state index contributed by atoms with van der Waals surface area (Å²) in [5, 5.41) is 2.68. The van der Waals surface area contributed by atoms with Gasteiger partial charge in [-0.25, -0.2) is 14.6 Å². The van der Waals surface area contributed by atoms with E-state index in [4.69, 9.17) is 52.4 Å². The first-order chi connectivity index (χ1) is 43.1. The number of carbonyl (C=O) groups is 4. The molecule has 6 aromatic rings. The number of esters is 4. The van der Waals surface area contributed by atoms with Crippen LogP contribution in [0, 0.1) is 23.7 Å². The van der Waals surface area contributed by atoms with Gasteiger partial charge in [-0.2, -0.15) is 0 Å². The quantitative estimate of drug-likeness (QED) is 0.00894. The summed E-state index contributed by atoms with van der Waals surface area (Å²) in [5.74, 6) is 4.63. The summed E-state index contributed by atoms with van der Waals surface area (Å²) in [6, 6.07) is 34.0. The number of rotatable bonds is 38. The number of nitrogens with zero attached hydrogens (tertiary/aromatic N) is 1. The fourth-order valence-corrected chi connectivity index (χ4v) is 11.0. The van der Waals surface area contributed by atoms with Gasteiger partial charge in [0.2, 0.25) is 5.88 Å². The van der Waals surface area contributed by atoms with Gasteiger partial charge in [-0.15, -0.1) is 6.58 Å². The standard InChI is InChI=1S/C73H87NO14/c1-4-7-8-9-10-15-44-79-58-30-36-61(37-31-58)87-72(77)55-24-20-53(21-25-55)51-84-63-40-42-65-66-43-41-64(50-68(66)74-71(67(65)49-63)86-60-34-28-57(29-35-60)80-45-16-11-13-18-47-82-69(75)5-2)85-52-54-22-26-56(27-23-54)73(78)88-62-38-32-59(33-39-62)81-46-17-12-14-19-48-83-70(76)6-3/h4-6,28-43,49-50,53-56H,1-3,7-27,44-48,51-52H2. The van der Waals surface area contributed by atoms with E-state index >= 15 is 0 Å². The molecule has 0 aliphatic heterocycles. The molecule has 1 aromatic heterocycles. The Morgan fingerprint density at radius 3 is 1.23 bits per heavy atom. The Bertz CT molecular complexity index is 3160. The van der Waals surface area contributed by atoms with Crippen molar-refractivity contribution in [1.29, 1.82) is 0 Å². The normalized spacial score (nSPS) is 16.4. The molecule has 0 saturated heterocycles. The van der Waals surface area contributed by atoms with Gasteiger partial charge in [0.05, 0.1) is 63.6 Å². The summed E-state index contributed by atoms with van der Waals surface area (Å²) in [6.45, 7) is 14.2. The second kappa shape index (κ2) is 36.1. The number of carbonyl (C=O) groups excluding carboxylic acids is 4. The number of unbranched alkanes of at least 4 members (excludes halogenated alkanes) is 10. The van der Waals surface area contributed by atoms with Gasteiger partial charge in [0.1, 0.15) is 46.0 Å². The van der Waals surface area contributed by atoms with Gasteiger partial charge in [0.25, 0.3) is 0 Å². The van der Waals surface area contributed by atoms with E-state index in [2.05, 4.69) is 25.8 Å². The summed E-state index contributed by atoms with van der Waals surface area (Å²) < 4.78 is 59.1. The van der Waals surface area contributed by atoms with E-state index in [1.165, 1.54) is 18.6 Å². The number of ether oxygens (including phenoxy) is 10. The number of allylic oxidation sites excluding steroid dienone is 1. The van der Waals surface area contributed by atoms with Crippen molar-refractivity contribution in [3.8, 4) is 51.9 Å². The van der Waals surface area contributed by atoms with Crippen molar-refractivity contribution in [2.24, 2.45) is 23.7 Å². The predicted octanol–water partition coefficient (Wildman–Crippen LogP) is 16.6. The van der Waals surface area contributed by atoms with Crippen molar-refractivity contribution in [2.75, 3.05) is 46.2 Å². The molecule has 0 radical (unpaired) electrons. The fraction of sp³-hybridized carbons (Fsp3) is 0.438. The van der Waals surface area contributed by atoms with Gasteiger partial charge in [-0.3, -0.25) is 9.59 Å². The predicted molar refractivity (Wildman–Crippen MR) is 341 cm³/mol. The zero-order valence-corrected chi connectivity index (χ0v) is 51.0. The Labute approximate surface area is 518 Å². The molecular formula is C73H87NO14. The van der Waals surface area contributed by atoms with Crippen LogP contribution in [0.25, 0.3) is 21.7 Å². The largest absolute Gasteiger partial charge is 0.494 e. The zero-order valence-electron chi connectivity index (χ0n) is 51.0. The molecule has 468 valence electrons. The molecule has 0 unspecified atom stereocenters. The lowest BCUT2D eigenvalue weighted by atomic mass is 9.82. The van der Waals surface area contributed by atoms with Crippen LogP contribution in [-0.4, -0.2) is 75.1 Å². The van der Waals surface area contributed by atoms with Gasteiger partial charge in [0, 0.05) is 29.0 Å². The van der Waals surface area contributed by atoms with Crippen LogP contribution in [0.1, 0.15) is 135 Å². The van der Waals surface area contributed by atoms with E-state index in [1.54, 1.807) is 24.3 Å². The second-order valence-corrected chi connectivity index (χ2v) is 22.8. The molecule has 2 fully saturated rings. The number of benzene rings is 5. The first-order valence-electron chi connectivity index (χ1n) is 31.7. The first kappa shape index (κ1) is 65.6. The molecule has 0 amide bonds. The topological polar surface area (TPSA) is 173 Å². The van der Waals surface area contributed by atoms with Gasteiger partial charge < -0.3 is 47.4 Å². The Kier molecular flexibility index (Phi) is 26.9. The summed E-state index contributed by atoms with van der Waals surface area (Å²) in [5.41, 5.74) is 0.716. The Balaban J connectivity index is 0.825. The van der Waals surface area contributed by atoms with Crippen LogP contribution in [0.5, 0.6) is 51.9 Å². The van der Waals surface area contributed by atoms with Crippen LogP contribution >= 0.6 is 0 Å². The maximum Gasteiger partial charge on any atom is 0.330 e. The lowest BCUT2D eigenvalue weighted by Gasteiger charge is -2.27. The van der Waals surface area contributed by atoms with Crippen molar-refractivity contribution in [2.45, 2.75) is 135 Å². The van der Waals surface area contributed by atoms with Crippen molar-refractivity contribution < 1.29 is 66.5 Å². The molecule has 2 aliphatic rings. The monoisotopic (exact) mass is 1200 g/mol. The molecule has 0 bridgehead atoms. The number of aromatic nitrogens is 1. The van der Waals surface area contributed by atoms with E-state index in [0.29, 0.717) is 92.1 Å². The SMILES string of the molecule is C=CCCCCCCOc1ccc(OC(=O)C2CCC(COc3ccc4c(c3)c(Oc3ccc(OCCCCCCOC(=O)C=C)cc3)nc3cc(OCC5CCC(C(=O)Oc6ccc(OCCCCCCOC(=O)C=C)cc6)CC5)ccc34)CC2)cc1. The maximum absolute atomic E-state index is 13.3. The van der Waals surface area contributed by atoms with Gasteiger partial charge in [0.15, 0.2) is 0 Å². The molecule has 8 rings (SSSR count). The number of fused-ring (bicyclic) bond motifs is 3. The van der Waals surface area contributed by atoms with Crippen LogP contribution in [0.15, 0.2) is 147 Å². The first-order valence-corrected chi connectivity index (χ1v) is 31.7. The van der Waals surface area contributed by atoms with Crippen molar-refractivity contribution in [1.82, 2.24) is 4.98 Å². The molecule has 5 aromatic carbocycles. The van der Waals surface area contributed by atoms with Crippen molar-refractivity contribution in [3.63, 3.8) is 0 Å². The minimum atomic E-state index is -0.399. The summed E-state index contributed by atoms with van der Waals surface area (Å²) in [6.07, 6.45) is 23.2. The number of hydrogen-bond donors (Lipinski definition) is 0. The van der Waals surface area contributed by atoms with Crippen LogP contribution in [-0.2, 0) is 28.7 Å². The van der Waals surface area contributed by atoms with Gasteiger partial charge in [-0.05, 0) is 242 Å². The number of hydrogen-bond acceptors (Lipinski definition) is 15. The van der Waals surface area contributed by atoms with E-state index < -0.39 is 11.9 Å². The molecule has 15 heteroatoms. The van der Waals surface area contributed by atoms with E-state index in [0.717, 1.165) is 156 Å². The molecular weight excluding hydrogens is 1110 g/mol. The fourth-order valence-electron chi connectivity index (χ4n) is 11.0. The van der Waals surface area contributed by atoms with Gasteiger partial charge >= 0.3 is 23.9 Å². The summed E-state index contributed by atoms with van der Waals surface area (Å²) >= 11 is 0. The van der Waals surface area contributed by atoms with Crippen LogP contribution in [0.2, 0.25) is 0 Å². The molecule has 0 spiro atoms. The Morgan fingerprint density at radius 2 is 0.784 bits per heavy atom. The molecule has 2 aliphatic carbocycles. The summed E-state index contributed by atoms with van der Waals surface area (Å²) in [7, 11) is 0. The highest BCUT2D eigenvalue weighted by Crippen LogP contribution is 2.39. The van der Waals surface area contributed by atoms with Crippen LogP contribution < -0.4 is 37.9 Å². The average molecular weight is 1200 g/mol. The minimum absolute atomic E-state index is 0.169. The zero-order chi connectivity index (χ0) is 61.6. The van der Waals surface area contributed by atoms with E-state index in [1.807, 2.05) is 84.9 Å². The molecule has 0 N–H and O–H groups in total. The summed E-state index contributed by atoms with van der Waals surface area (Å²) in [4.78, 5) is 54.1. The van der Waals surface area contributed by atoms with E-state index in [9.17, 15) is 19.2 Å². The molecule has 88 heavy (non-hydrogen) atoms. The van der Waals surface area contributed by atoms with Crippen LogP contribution in [0.4, 0.5) is 0 Å². The molecule has 2 saturated carbocycles. The third-order valence-electron chi connectivity index (χ3n) is 16.2. The lowest BCUT2D eigenvalue weighted by Crippen LogP contribution is -2.27. The molecule has 1 heterocycles. The molecule has 0 atom stereocenters. The Hall–Kier alpha value is -8.33. The molecule has 15 nitrogen and oxygen atoms in total. The van der Waals surface area contributed by atoms with Gasteiger partial charge in [-0.1, -0.05) is 32.1 Å². The highest BCUT2D eigenvalue weighted by atomic mass is 16.5. The minimum Gasteiger partial charge on any atom is -0.494 e. The second-order valence-electron chi connectivity index (χ2n) is 22.8. The van der Waals surface area contributed by atoms with E-state index in [-0.39, 0.29) is 35.6 Å². The third kappa shape index (κ3) is 21.8. The van der Waals surface area contributed by atoms with Crippen LogP contribution in [0.3, 0.4) is 0 Å². The lowest BCUT2D eigenvalue weighted by molar-refractivity contribution is -0.141.